The molecule has 0 aromatic carbocycles. The molecule has 0 bridgehead atoms. The fourth-order valence-electron chi connectivity index (χ4n) is 1.51. The molecule has 0 aliphatic heterocycles. The summed E-state index contributed by atoms with van der Waals surface area (Å²) in [5.41, 5.74) is 5.46. The van der Waals surface area contributed by atoms with Gasteiger partial charge in [0.2, 0.25) is 0 Å². The van der Waals surface area contributed by atoms with Gasteiger partial charge in [-0.3, -0.25) is 4.90 Å². The molecule has 2 nitrogen and oxygen atoms in total. The summed E-state index contributed by atoms with van der Waals surface area (Å²) in [5.74, 6) is 0.389. The summed E-state index contributed by atoms with van der Waals surface area (Å²) in [6.45, 7) is 5.86. The van der Waals surface area contributed by atoms with Crippen LogP contribution in [0.5, 0.6) is 0 Å². The first-order valence-corrected chi connectivity index (χ1v) is 5.77. The van der Waals surface area contributed by atoms with Gasteiger partial charge in [0.05, 0.1) is 6.54 Å². The van der Waals surface area contributed by atoms with Crippen molar-refractivity contribution in [3.05, 3.63) is 0 Å². The highest BCUT2D eigenvalue weighted by atomic mass is 19.4. The molecule has 0 radical (unpaired) electrons. The van der Waals surface area contributed by atoms with Crippen LogP contribution in [0.2, 0.25) is 0 Å². The minimum Gasteiger partial charge on any atom is -0.330 e. The van der Waals surface area contributed by atoms with Crippen molar-refractivity contribution in [1.29, 1.82) is 0 Å². The van der Waals surface area contributed by atoms with Gasteiger partial charge >= 0.3 is 6.18 Å². The Hall–Kier alpha value is -0.290. The third kappa shape index (κ3) is 7.93. The zero-order valence-electron chi connectivity index (χ0n) is 10.3. The predicted octanol–water partition coefficient (Wildman–Crippen LogP) is 2.63. The molecule has 0 saturated carbocycles. The summed E-state index contributed by atoms with van der Waals surface area (Å²) in [7, 11) is 0. The summed E-state index contributed by atoms with van der Waals surface area (Å²) in [6.07, 6.45) is -2.45. The van der Waals surface area contributed by atoms with Crippen LogP contribution in [-0.4, -0.2) is 36.8 Å². The number of hydrogen-bond donors (Lipinski definition) is 1. The van der Waals surface area contributed by atoms with E-state index < -0.39 is 12.7 Å². The van der Waals surface area contributed by atoms with Gasteiger partial charge < -0.3 is 5.73 Å². The standard InChI is InChI=1S/C11H23F3N2/c1-9(2)16(8-11(12,13)14)6-4-5-10(3)7-15/h9-10H,4-8,15H2,1-3H3. The van der Waals surface area contributed by atoms with Crippen molar-refractivity contribution in [2.45, 2.75) is 45.8 Å². The first kappa shape index (κ1) is 15.7. The van der Waals surface area contributed by atoms with Gasteiger partial charge in [-0.2, -0.15) is 13.2 Å². The predicted molar refractivity (Wildman–Crippen MR) is 60.2 cm³/mol. The van der Waals surface area contributed by atoms with E-state index in [1.807, 2.05) is 6.92 Å². The maximum absolute atomic E-state index is 12.3. The van der Waals surface area contributed by atoms with E-state index in [-0.39, 0.29) is 6.04 Å². The van der Waals surface area contributed by atoms with Crippen molar-refractivity contribution >= 4 is 0 Å². The smallest absolute Gasteiger partial charge is 0.330 e. The van der Waals surface area contributed by atoms with Crippen LogP contribution in [0.15, 0.2) is 0 Å². The lowest BCUT2D eigenvalue weighted by Crippen LogP contribution is -2.39. The lowest BCUT2D eigenvalue weighted by atomic mass is 10.1. The Morgan fingerprint density at radius 3 is 2.12 bits per heavy atom. The minimum absolute atomic E-state index is 0.0743. The SMILES string of the molecule is CC(CN)CCCN(CC(F)(F)F)C(C)C. The van der Waals surface area contributed by atoms with Gasteiger partial charge in [0.1, 0.15) is 0 Å². The third-order valence-electron chi connectivity index (χ3n) is 2.66. The Kier molecular flexibility index (Phi) is 6.99. The molecule has 5 heteroatoms. The molecule has 0 aliphatic carbocycles. The van der Waals surface area contributed by atoms with Crippen LogP contribution in [0.25, 0.3) is 0 Å². The number of halogens is 3. The topological polar surface area (TPSA) is 29.3 Å². The Morgan fingerprint density at radius 2 is 1.75 bits per heavy atom. The minimum atomic E-state index is -4.11. The van der Waals surface area contributed by atoms with Crippen molar-refractivity contribution in [3.63, 3.8) is 0 Å². The van der Waals surface area contributed by atoms with Gasteiger partial charge in [0.25, 0.3) is 0 Å². The number of nitrogens with zero attached hydrogens (tertiary/aromatic N) is 1. The van der Waals surface area contributed by atoms with Crippen LogP contribution in [0.1, 0.15) is 33.6 Å². The van der Waals surface area contributed by atoms with E-state index in [4.69, 9.17) is 5.73 Å². The first-order chi connectivity index (χ1) is 7.26. The largest absolute Gasteiger partial charge is 0.401 e. The van der Waals surface area contributed by atoms with E-state index in [1.54, 1.807) is 13.8 Å². The Labute approximate surface area is 96.0 Å². The molecule has 0 saturated heterocycles. The number of rotatable bonds is 7. The average Bonchev–Trinajstić information content (AvgIpc) is 2.13. The van der Waals surface area contributed by atoms with Crippen LogP contribution in [0, 0.1) is 5.92 Å². The van der Waals surface area contributed by atoms with E-state index in [9.17, 15) is 13.2 Å². The molecule has 98 valence electrons. The van der Waals surface area contributed by atoms with Crippen molar-refractivity contribution in [3.8, 4) is 0 Å². The van der Waals surface area contributed by atoms with Crippen LogP contribution in [-0.2, 0) is 0 Å². The second-order valence-electron chi connectivity index (χ2n) is 4.66. The summed E-state index contributed by atoms with van der Waals surface area (Å²) in [6, 6.07) is -0.0743. The zero-order chi connectivity index (χ0) is 12.8. The van der Waals surface area contributed by atoms with Gasteiger partial charge in [-0.05, 0) is 45.7 Å². The summed E-state index contributed by atoms with van der Waals surface area (Å²) >= 11 is 0. The second kappa shape index (κ2) is 7.12. The molecule has 16 heavy (non-hydrogen) atoms. The highest BCUT2D eigenvalue weighted by molar-refractivity contribution is 4.68. The van der Waals surface area contributed by atoms with Crippen LogP contribution in [0.4, 0.5) is 13.2 Å². The fourth-order valence-corrected chi connectivity index (χ4v) is 1.51. The molecule has 0 aromatic heterocycles. The van der Waals surface area contributed by atoms with Crippen molar-refractivity contribution in [2.24, 2.45) is 11.7 Å². The quantitative estimate of drug-likeness (QED) is 0.741. The average molecular weight is 240 g/mol. The lowest BCUT2D eigenvalue weighted by Gasteiger charge is -2.27. The number of nitrogens with two attached hydrogens (primary N) is 1. The first-order valence-electron chi connectivity index (χ1n) is 5.77. The summed E-state index contributed by atoms with van der Waals surface area (Å²) < 4.78 is 36.8. The van der Waals surface area contributed by atoms with Gasteiger partial charge in [0.15, 0.2) is 0 Å². The molecule has 0 fully saturated rings. The van der Waals surface area contributed by atoms with Gasteiger partial charge in [-0.1, -0.05) is 6.92 Å². The monoisotopic (exact) mass is 240 g/mol. The molecule has 0 aromatic rings. The molecule has 2 N–H and O–H groups in total. The second-order valence-corrected chi connectivity index (χ2v) is 4.66. The zero-order valence-corrected chi connectivity index (χ0v) is 10.3. The van der Waals surface area contributed by atoms with Crippen molar-refractivity contribution < 1.29 is 13.2 Å². The summed E-state index contributed by atoms with van der Waals surface area (Å²) in [4.78, 5) is 1.46. The normalized spacial score (nSPS) is 14.8. The van der Waals surface area contributed by atoms with E-state index in [0.717, 1.165) is 12.8 Å². The molecule has 0 rings (SSSR count). The van der Waals surface area contributed by atoms with E-state index >= 15 is 0 Å². The van der Waals surface area contributed by atoms with Crippen molar-refractivity contribution in [1.82, 2.24) is 4.90 Å². The lowest BCUT2D eigenvalue weighted by molar-refractivity contribution is -0.149. The molecular formula is C11H23F3N2. The maximum Gasteiger partial charge on any atom is 0.401 e. The van der Waals surface area contributed by atoms with Gasteiger partial charge in [0, 0.05) is 6.04 Å². The number of alkyl halides is 3. The van der Waals surface area contributed by atoms with Gasteiger partial charge in [-0.25, -0.2) is 0 Å². The molecule has 0 heterocycles. The Balaban J connectivity index is 3.96. The molecule has 0 spiro atoms. The molecular weight excluding hydrogens is 217 g/mol. The van der Waals surface area contributed by atoms with Crippen LogP contribution >= 0.6 is 0 Å². The molecule has 0 aliphatic rings. The van der Waals surface area contributed by atoms with Crippen molar-refractivity contribution in [2.75, 3.05) is 19.6 Å². The van der Waals surface area contributed by atoms with E-state index in [0.29, 0.717) is 19.0 Å². The number of hydrogen-bond acceptors (Lipinski definition) is 2. The Bertz CT molecular complexity index is 181. The Morgan fingerprint density at radius 1 is 1.19 bits per heavy atom. The molecule has 1 unspecified atom stereocenters. The molecule has 0 amide bonds. The molecule has 1 atom stereocenters. The van der Waals surface area contributed by atoms with Crippen LogP contribution < -0.4 is 5.73 Å². The van der Waals surface area contributed by atoms with Gasteiger partial charge in [-0.15, -0.1) is 0 Å². The summed E-state index contributed by atoms with van der Waals surface area (Å²) in [5, 5.41) is 0. The van der Waals surface area contributed by atoms with E-state index in [2.05, 4.69) is 0 Å². The maximum atomic E-state index is 12.3. The highest BCUT2D eigenvalue weighted by Gasteiger charge is 2.31. The third-order valence-corrected chi connectivity index (χ3v) is 2.66. The highest BCUT2D eigenvalue weighted by Crippen LogP contribution is 2.18. The van der Waals surface area contributed by atoms with Crippen LogP contribution in [0.3, 0.4) is 0 Å². The fraction of sp³-hybridized carbons (Fsp3) is 1.00. The van der Waals surface area contributed by atoms with E-state index in [1.165, 1.54) is 4.90 Å².